The zero-order valence-electron chi connectivity index (χ0n) is 19.9. The lowest BCUT2D eigenvalue weighted by atomic mass is 10.3. The fraction of sp³-hybridized carbons (Fsp3) is 0.375. The average Bonchev–Trinajstić information content (AvgIpc) is 3.26. The molecule has 1 saturated carbocycles. The molecular formula is C24H30FN9O. The molecule has 1 amide bonds. The first-order valence-electron chi connectivity index (χ1n) is 11.9. The van der Waals surface area contributed by atoms with Crippen LogP contribution in [0, 0.1) is 5.95 Å². The van der Waals surface area contributed by atoms with Crippen LogP contribution in [0.5, 0.6) is 0 Å². The van der Waals surface area contributed by atoms with E-state index in [2.05, 4.69) is 41.9 Å². The second-order valence-electron chi connectivity index (χ2n) is 8.03. The first-order chi connectivity index (χ1) is 17.2. The van der Waals surface area contributed by atoms with E-state index in [-0.39, 0.29) is 0 Å². The SMILES string of the molecule is CC.O=CNc1ccc(F)nc1.c1cc2c(Nc3cc(C4CC4)[nH]n3)nc(N3CCCC3)nn2c1. The molecule has 184 valence electrons. The van der Waals surface area contributed by atoms with Gasteiger partial charge in [0, 0.05) is 37.0 Å². The van der Waals surface area contributed by atoms with E-state index in [4.69, 9.17) is 4.98 Å². The molecule has 11 heteroatoms. The van der Waals surface area contributed by atoms with E-state index in [0.717, 1.165) is 36.2 Å². The molecule has 2 aliphatic rings. The number of nitrogens with one attached hydrogen (secondary N) is 3. The predicted molar refractivity (Wildman–Crippen MR) is 134 cm³/mol. The maximum Gasteiger partial charge on any atom is 0.245 e. The van der Waals surface area contributed by atoms with Crippen molar-refractivity contribution < 1.29 is 9.18 Å². The highest BCUT2D eigenvalue weighted by Crippen LogP contribution is 2.39. The Bertz CT molecular complexity index is 1230. The molecule has 0 spiro atoms. The van der Waals surface area contributed by atoms with Crippen molar-refractivity contribution in [2.45, 2.75) is 45.4 Å². The number of pyridine rings is 1. The first-order valence-corrected chi connectivity index (χ1v) is 11.9. The highest BCUT2D eigenvalue weighted by molar-refractivity contribution is 5.73. The molecule has 10 nitrogen and oxygen atoms in total. The van der Waals surface area contributed by atoms with Crippen LogP contribution in [-0.4, -0.2) is 49.3 Å². The smallest absolute Gasteiger partial charge is 0.245 e. The molecule has 1 aliphatic heterocycles. The predicted octanol–water partition coefficient (Wildman–Crippen LogP) is 4.49. The fourth-order valence-electron chi connectivity index (χ4n) is 3.72. The minimum atomic E-state index is -0.559. The Labute approximate surface area is 203 Å². The molecule has 5 heterocycles. The number of H-pyrrole nitrogens is 1. The monoisotopic (exact) mass is 479 g/mol. The summed E-state index contributed by atoms with van der Waals surface area (Å²) in [7, 11) is 0. The van der Waals surface area contributed by atoms with Crippen LogP contribution in [0.1, 0.15) is 51.1 Å². The van der Waals surface area contributed by atoms with Gasteiger partial charge in [-0.05, 0) is 49.9 Å². The summed E-state index contributed by atoms with van der Waals surface area (Å²) >= 11 is 0. The molecule has 0 unspecified atom stereocenters. The van der Waals surface area contributed by atoms with Gasteiger partial charge in [-0.25, -0.2) is 9.50 Å². The number of amides is 1. The number of carbonyl (C=O) groups excluding carboxylic acids is 1. The standard InChI is InChI=1S/C16H19N7.C6H5FN2O.C2H6/c1-2-8-22(7-1)16-18-15(13-4-3-9-23(13)21-16)17-14-10-12(19-20-14)11-5-6-11;7-6-2-1-5(3-8-6)9-4-10;1-2/h3-4,9-11H,1-2,5-8H2,(H2,17,18,19,20,21);1-4H,(H,9,10);1-2H3. The molecule has 4 aromatic rings. The van der Waals surface area contributed by atoms with Crippen LogP contribution < -0.4 is 15.5 Å². The summed E-state index contributed by atoms with van der Waals surface area (Å²) < 4.78 is 14.0. The van der Waals surface area contributed by atoms with Gasteiger partial charge >= 0.3 is 0 Å². The molecule has 4 aromatic heterocycles. The Morgan fingerprint density at radius 3 is 2.66 bits per heavy atom. The van der Waals surface area contributed by atoms with Gasteiger partial charge in [0.25, 0.3) is 0 Å². The number of aromatic amines is 1. The second-order valence-corrected chi connectivity index (χ2v) is 8.03. The van der Waals surface area contributed by atoms with Crippen molar-refractivity contribution in [3.8, 4) is 0 Å². The van der Waals surface area contributed by atoms with Crippen LogP contribution in [0.3, 0.4) is 0 Å². The van der Waals surface area contributed by atoms with Crippen molar-refractivity contribution in [3.63, 3.8) is 0 Å². The summed E-state index contributed by atoms with van der Waals surface area (Å²) in [6.45, 7) is 6.06. The van der Waals surface area contributed by atoms with Crippen LogP contribution in [0.4, 0.5) is 27.7 Å². The molecule has 0 bridgehead atoms. The largest absolute Gasteiger partial charge is 0.340 e. The van der Waals surface area contributed by atoms with Crippen molar-refractivity contribution in [2.24, 2.45) is 0 Å². The lowest BCUT2D eigenvalue weighted by molar-refractivity contribution is -0.105. The number of fused-ring (bicyclic) bond motifs is 1. The van der Waals surface area contributed by atoms with Crippen molar-refractivity contribution in [1.29, 1.82) is 0 Å². The summed E-state index contributed by atoms with van der Waals surface area (Å²) in [6, 6.07) is 8.70. The Hall–Kier alpha value is -4.02. The molecule has 0 radical (unpaired) electrons. The summed E-state index contributed by atoms with van der Waals surface area (Å²) in [5.74, 6) is 2.52. The minimum absolute atomic E-state index is 0.483. The van der Waals surface area contributed by atoms with Gasteiger partial charge in [0.1, 0.15) is 5.52 Å². The number of anilines is 4. The third kappa shape index (κ3) is 6.11. The Kier molecular flexibility index (Phi) is 7.86. The topological polar surface area (TPSA) is 116 Å². The second kappa shape index (κ2) is 11.4. The molecule has 35 heavy (non-hydrogen) atoms. The van der Waals surface area contributed by atoms with Crippen LogP contribution in [0.15, 0.2) is 42.7 Å². The maximum atomic E-state index is 12.1. The lowest BCUT2D eigenvalue weighted by Gasteiger charge is -2.16. The number of hydrogen-bond donors (Lipinski definition) is 3. The third-order valence-electron chi connectivity index (χ3n) is 5.58. The fourth-order valence-corrected chi connectivity index (χ4v) is 3.72. The number of halogens is 1. The van der Waals surface area contributed by atoms with E-state index in [1.165, 1.54) is 49.7 Å². The van der Waals surface area contributed by atoms with E-state index in [9.17, 15) is 9.18 Å². The Morgan fingerprint density at radius 2 is 1.97 bits per heavy atom. The Morgan fingerprint density at radius 1 is 1.17 bits per heavy atom. The lowest BCUT2D eigenvalue weighted by Crippen LogP contribution is -2.22. The summed E-state index contributed by atoms with van der Waals surface area (Å²) in [5.41, 5.74) is 2.66. The van der Waals surface area contributed by atoms with E-state index in [1.54, 1.807) is 0 Å². The van der Waals surface area contributed by atoms with Crippen LogP contribution in [-0.2, 0) is 4.79 Å². The van der Waals surface area contributed by atoms with E-state index >= 15 is 0 Å². The number of carbonyl (C=O) groups is 1. The summed E-state index contributed by atoms with van der Waals surface area (Å²) in [4.78, 5) is 20.1. The van der Waals surface area contributed by atoms with Crippen molar-refractivity contribution >= 4 is 35.2 Å². The summed E-state index contributed by atoms with van der Waals surface area (Å²) in [5, 5.41) is 17.8. The molecular weight excluding hydrogens is 449 g/mol. The molecule has 1 aliphatic carbocycles. The highest BCUT2D eigenvalue weighted by Gasteiger charge is 2.26. The maximum absolute atomic E-state index is 12.1. The molecule has 2 fully saturated rings. The van der Waals surface area contributed by atoms with Gasteiger partial charge in [-0.3, -0.25) is 9.89 Å². The van der Waals surface area contributed by atoms with Gasteiger partial charge in [-0.2, -0.15) is 14.5 Å². The van der Waals surface area contributed by atoms with Gasteiger partial charge in [0.15, 0.2) is 11.6 Å². The molecule has 3 N–H and O–H groups in total. The quantitative estimate of drug-likeness (QED) is 0.276. The minimum Gasteiger partial charge on any atom is -0.340 e. The normalized spacial score (nSPS) is 14.5. The first kappa shape index (κ1) is 24.1. The Balaban J connectivity index is 0.000000204. The van der Waals surface area contributed by atoms with Crippen molar-refractivity contribution in [3.05, 3.63) is 54.4 Å². The van der Waals surface area contributed by atoms with E-state index in [1.807, 2.05) is 36.7 Å². The number of aromatic nitrogens is 6. The van der Waals surface area contributed by atoms with Gasteiger partial charge in [0.2, 0.25) is 18.3 Å². The summed E-state index contributed by atoms with van der Waals surface area (Å²) in [6.07, 6.45) is 8.65. The number of hydrogen-bond acceptors (Lipinski definition) is 7. The third-order valence-corrected chi connectivity index (χ3v) is 5.58. The van der Waals surface area contributed by atoms with E-state index < -0.39 is 5.95 Å². The zero-order valence-corrected chi connectivity index (χ0v) is 19.9. The number of rotatable bonds is 6. The molecule has 0 atom stereocenters. The van der Waals surface area contributed by atoms with Gasteiger partial charge in [-0.1, -0.05) is 13.8 Å². The van der Waals surface area contributed by atoms with Crippen LogP contribution in [0.2, 0.25) is 0 Å². The zero-order chi connectivity index (χ0) is 24.6. The van der Waals surface area contributed by atoms with Crippen LogP contribution >= 0.6 is 0 Å². The van der Waals surface area contributed by atoms with Gasteiger partial charge < -0.3 is 15.5 Å². The van der Waals surface area contributed by atoms with Crippen LogP contribution in [0.25, 0.3) is 5.52 Å². The van der Waals surface area contributed by atoms with Crippen molar-refractivity contribution in [1.82, 2.24) is 29.8 Å². The molecule has 1 saturated heterocycles. The molecule has 0 aromatic carbocycles. The molecule has 6 rings (SSSR count). The van der Waals surface area contributed by atoms with E-state index in [0.29, 0.717) is 18.0 Å². The van der Waals surface area contributed by atoms with Gasteiger partial charge in [-0.15, -0.1) is 5.10 Å². The number of nitrogens with zero attached hydrogens (tertiary/aromatic N) is 6. The van der Waals surface area contributed by atoms with Gasteiger partial charge in [0.05, 0.1) is 11.9 Å². The average molecular weight is 480 g/mol. The van der Waals surface area contributed by atoms with Crippen molar-refractivity contribution in [2.75, 3.05) is 28.6 Å². The highest BCUT2D eigenvalue weighted by atomic mass is 19.1.